The van der Waals surface area contributed by atoms with Crippen LogP contribution in [0.2, 0.25) is 0 Å². The van der Waals surface area contributed by atoms with E-state index in [0.717, 1.165) is 4.86 Å². The molecule has 0 aliphatic rings. The summed E-state index contributed by atoms with van der Waals surface area (Å²) in [5, 5.41) is 0. The lowest BCUT2D eigenvalue weighted by atomic mass is 9.92. The van der Waals surface area contributed by atoms with Gasteiger partial charge in [-0.15, -0.1) is 0 Å². The molecule has 0 unspecified atom stereocenters. The van der Waals surface area contributed by atoms with Crippen molar-refractivity contribution in [3.8, 4) is 0 Å². The molecule has 0 aromatic rings. The number of hydrogen-bond donors (Lipinski definition) is 0. The Balaban J connectivity index is 4.09. The number of nitrogens with zero attached hydrogens (tertiary/aromatic N) is 1. The van der Waals surface area contributed by atoms with E-state index >= 15 is 0 Å². The molecule has 1 nitrogen and oxygen atoms in total. The van der Waals surface area contributed by atoms with Gasteiger partial charge < -0.3 is 4.90 Å². The van der Waals surface area contributed by atoms with Gasteiger partial charge in [0.15, 0.2) is 0 Å². The molecule has 2 heteroatoms. The van der Waals surface area contributed by atoms with Gasteiger partial charge in [-0.1, -0.05) is 33.0 Å². The predicted molar refractivity (Wildman–Crippen MR) is 54.9 cm³/mol. The summed E-state index contributed by atoms with van der Waals surface area (Å²) in [7, 11) is 3.98. The van der Waals surface area contributed by atoms with Crippen LogP contribution in [0.15, 0.2) is 12.3 Å². The molecule has 0 saturated heterocycles. The Morgan fingerprint density at radius 1 is 1.27 bits per heavy atom. The van der Waals surface area contributed by atoms with Crippen molar-refractivity contribution in [2.45, 2.75) is 20.8 Å². The van der Waals surface area contributed by atoms with Crippen molar-refractivity contribution < 1.29 is 0 Å². The average Bonchev–Trinajstić information content (AvgIpc) is 1.80. The van der Waals surface area contributed by atoms with Crippen molar-refractivity contribution in [1.82, 2.24) is 4.90 Å². The van der Waals surface area contributed by atoms with Gasteiger partial charge >= 0.3 is 0 Å². The molecule has 0 N–H and O–H groups in total. The maximum atomic E-state index is 5.20. The smallest absolute Gasteiger partial charge is 0.0220 e. The van der Waals surface area contributed by atoms with Gasteiger partial charge in [-0.2, -0.15) is 0 Å². The molecule has 0 saturated carbocycles. The van der Waals surface area contributed by atoms with Crippen LogP contribution in [0, 0.1) is 5.41 Å². The molecule has 11 heavy (non-hydrogen) atoms. The SMILES string of the molecule is CN(C)/C=C/C(=S)C(C)(C)C. The zero-order valence-corrected chi connectivity index (χ0v) is 8.83. The Morgan fingerprint density at radius 3 is 2.00 bits per heavy atom. The second kappa shape index (κ2) is 3.86. The first-order valence-corrected chi connectivity index (χ1v) is 4.14. The minimum Gasteiger partial charge on any atom is -0.383 e. The number of rotatable bonds is 2. The fourth-order valence-corrected chi connectivity index (χ4v) is 0.528. The predicted octanol–water partition coefficient (Wildman–Crippen LogP) is 2.48. The highest BCUT2D eigenvalue weighted by atomic mass is 32.1. The highest BCUT2D eigenvalue weighted by Gasteiger charge is 2.13. The summed E-state index contributed by atoms with van der Waals surface area (Å²) < 4.78 is 0. The largest absolute Gasteiger partial charge is 0.383 e. The van der Waals surface area contributed by atoms with E-state index in [1.54, 1.807) is 0 Å². The summed E-state index contributed by atoms with van der Waals surface area (Å²) in [6.07, 6.45) is 3.96. The maximum Gasteiger partial charge on any atom is 0.0220 e. The molecule has 0 amide bonds. The molecule has 0 aromatic heterocycles. The van der Waals surface area contributed by atoms with E-state index in [9.17, 15) is 0 Å². The van der Waals surface area contributed by atoms with Gasteiger partial charge in [0, 0.05) is 19.0 Å². The first-order valence-electron chi connectivity index (χ1n) is 3.73. The van der Waals surface area contributed by atoms with Crippen LogP contribution in [0.4, 0.5) is 0 Å². The second-order valence-electron chi connectivity index (χ2n) is 3.89. The quantitative estimate of drug-likeness (QED) is 0.464. The third-order valence-corrected chi connectivity index (χ3v) is 2.01. The van der Waals surface area contributed by atoms with Crippen LogP contribution in [0.5, 0.6) is 0 Å². The molecule has 0 aliphatic carbocycles. The van der Waals surface area contributed by atoms with Crippen molar-refractivity contribution in [2.24, 2.45) is 5.41 Å². The lowest BCUT2D eigenvalue weighted by Crippen LogP contribution is -2.16. The first-order chi connectivity index (χ1) is 4.84. The summed E-state index contributed by atoms with van der Waals surface area (Å²) in [5.41, 5.74) is 0.113. The van der Waals surface area contributed by atoms with Crippen LogP contribution in [-0.4, -0.2) is 23.9 Å². The molecule has 0 bridgehead atoms. The third-order valence-electron chi connectivity index (χ3n) is 1.26. The molecule has 0 aliphatic heterocycles. The molecule has 0 rings (SSSR count). The number of thiocarbonyl (C=S) groups is 1. The average molecular weight is 171 g/mol. The van der Waals surface area contributed by atoms with Gasteiger partial charge in [0.2, 0.25) is 0 Å². The Kier molecular flexibility index (Phi) is 3.73. The molecule has 0 spiro atoms. The van der Waals surface area contributed by atoms with E-state index in [0.29, 0.717) is 0 Å². The lowest BCUT2D eigenvalue weighted by Gasteiger charge is -2.17. The van der Waals surface area contributed by atoms with Crippen molar-refractivity contribution in [3.63, 3.8) is 0 Å². The third kappa shape index (κ3) is 4.96. The summed E-state index contributed by atoms with van der Waals surface area (Å²) in [4.78, 5) is 2.98. The Morgan fingerprint density at radius 2 is 1.73 bits per heavy atom. The van der Waals surface area contributed by atoms with Gasteiger partial charge in [-0.3, -0.25) is 0 Å². The van der Waals surface area contributed by atoms with Crippen molar-refractivity contribution in [2.75, 3.05) is 14.1 Å². The molecule has 0 atom stereocenters. The van der Waals surface area contributed by atoms with E-state index < -0.39 is 0 Å². The zero-order valence-electron chi connectivity index (χ0n) is 8.01. The van der Waals surface area contributed by atoms with Gasteiger partial charge in [0.1, 0.15) is 0 Å². The Hall–Kier alpha value is -0.370. The minimum absolute atomic E-state index is 0.113. The molecule has 64 valence electrons. The summed E-state index contributed by atoms with van der Waals surface area (Å²) in [6.45, 7) is 6.36. The second-order valence-corrected chi connectivity index (χ2v) is 4.33. The van der Waals surface area contributed by atoms with Gasteiger partial charge in [0.25, 0.3) is 0 Å². The zero-order chi connectivity index (χ0) is 9.07. The normalized spacial score (nSPS) is 12.1. The first kappa shape index (κ1) is 10.6. The Bertz CT molecular complexity index is 163. The number of allylic oxidation sites excluding steroid dienone is 1. The highest BCUT2D eigenvalue weighted by molar-refractivity contribution is 7.80. The van der Waals surface area contributed by atoms with Crippen molar-refractivity contribution >= 4 is 17.1 Å². The van der Waals surface area contributed by atoms with E-state index in [-0.39, 0.29) is 5.41 Å². The highest BCUT2D eigenvalue weighted by Crippen LogP contribution is 2.16. The van der Waals surface area contributed by atoms with Gasteiger partial charge in [0.05, 0.1) is 0 Å². The van der Waals surface area contributed by atoms with E-state index in [1.807, 2.05) is 31.3 Å². The monoisotopic (exact) mass is 171 g/mol. The molecular weight excluding hydrogens is 154 g/mol. The standard InChI is InChI=1S/C9H17NS/c1-9(2,3)8(11)6-7-10(4)5/h6-7H,1-5H3/b7-6+. The van der Waals surface area contributed by atoms with Crippen molar-refractivity contribution in [3.05, 3.63) is 12.3 Å². The van der Waals surface area contributed by atoms with Crippen LogP contribution in [0.1, 0.15) is 20.8 Å². The molecular formula is C9H17NS. The summed E-state index contributed by atoms with van der Waals surface area (Å²) in [6, 6.07) is 0. The minimum atomic E-state index is 0.113. The van der Waals surface area contributed by atoms with Crippen LogP contribution in [0.25, 0.3) is 0 Å². The maximum absolute atomic E-state index is 5.20. The fourth-order valence-electron chi connectivity index (χ4n) is 0.467. The molecule has 0 radical (unpaired) electrons. The Labute approximate surface area is 75.1 Å². The van der Waals surface area contributed by atoms with Crippen molar-refractivity contribution in [1.29, 1.82) is 0 Å². The van der Waals surface area contributed by atoms with Crippen LogP contribution in [-0.2, 0) is 0 Å². The lowest BCUT2D eigenvalue weighted by molar-refractivity contribution is 0.561. The van der Waals surface area contributed by atoms with Gasteiger partial charge in [-0.05, 0) is 17.7 Å². The molecule has 0 aromatic carbocycles. The van der Waals surface area contributed by atoms with E-state index in [2.05, 4.69) is 20.8 Å². The van der Waals surface area contributed by atoms with E-state index in [1.165, 1.54) is 0 Å². The van der Waals surface area contributed by atoms with Crippen LogP contribution in [0.3, 0.4) is 0 Å². The molecule has 0 fully saturated rings. The topological polar surface area (TPSA) is 3.24 Å². The molecule has 0 heterocycles. The summed E-state index contributed by atoms with van der Waals surface area (Å²) >= 11 is 5.20. The fraction of sp³-hybridized carbons (Fsp3) is 0.667. The van der Waals surface area contributed by atoms with Crippen LogP contribution >= 0.6 is 12.2 Å². The van der Waals surface area contributed by atoms with E-state index in [4.69, 9.17) is 12.2 Å². The van der Waals surface area contributed by atoms with Gasteiger partial charge in [-0.25, -0.2) is 0 Å². The number of hydrogen-bond acceptors (Lipinski definition) is 2. The van der Waals surface area contributed by atoms with Crippen LogP contribution < -0.4 is 0 Å². The summed E-state index contributed by atoms with van der Waals surface area (Å²) in [5.74, 6) is 0.